The van der Waals surface area contributed by atoms with E-state index >= 15 is 0 Å². The lowest BCUT2D eigenvalue weighted by Gasteiger charge is -2.19. The zero-order chi connectivity index (χ0) is 12.4. The van der Waals surface area contributed by atoms with Crippen molar-refractivity contribution < 1.29 is 14.3 Å². The van der Waals surface area contributed by atoms with Crippen molar-refractivity contribution in [1.82, 2.24) is 0 Å². The van der Waals surface area contributed by atoms with Gasteiger partial charge in [-0.05, 0) is 30.9 Å². The Morgan fingerprint density at radius 3 is 3.00 bits per heavy atom. The molecule has 1 aliphatic carbocycles. The summed E-state index contributed by atoms with van der Waals surface area (Å²) in [4.78, 5) is 11.2. The molecule has 18 heavy (non-hydrogen) atoms. The summed E-state index contributed by atoms with van der Waals surface area (Å²) >= 11 is 0. The van der Waals surface area contributed by atoms with Crippen LogP contribution in [0, 0.1) is 5.92 Å². The van der Waals surface area contributed by atoms with Crippen LogP contribution in [0.4, 0.5) is 5.69 Å². The van der Waals surface area contributed by atoms with E-state index in [9.17, 15) is 4.79 Å². The summed E-state index contributed by atoms with van der Waals surface area (Å²) in [7, 11) is 0. The summed E-state index contributed by atoms with van der Waals surface area (Å²) in [6.45, 7) is 0.864. The molecular formula is C14H17NO3. The molecular weight excluding hydrogens is 230 g/mol. The summed E-state index contributed by atoms with van der Waals surface area (Å²) in [6.07, 6.45) is 5.18. The van der Waals surface area contributed by atoms with Gasteiger partial charge in [0, 0.05) is 6.07 Å². The standard InChI is InChI=1S/C14H17NO3/c16-14-9-18-13-6-5-11(7-12(13)15-14)17-8-10-3-1-2-4-10/h5-7,10H,1-4,8-9H2,(H,15,16). The van der Waals surface area contributed by atoms with Gasteiger partial charge >= 0.3 is 0 Å². The molecule has 1 heterocycles. The number of amides is 1. The summed E-state index contributed by atoms with van der Waals surface area (Å²) in [5.41, 5.74) is 0.704. The van der Waals surface area contributed by atoms with Crippen LogP contribution >= 0.6 is 0 Å². The molecule has 1 aromatic rings. The van der Waals surface area contributed by atoms with Crippen molar-refractivity contribution in [3.63, 3.8) is 0 Å². The van der Waals surface area contributed by atoms with Gasteiger partial charge in [-0.25, -0.2) is 0 Å². The van der Waals surface area contributed by atoms with Gasteiger partial charge in [0.15, 0.2) is 6.61 Å². The molecule has 1 fully saturated rings. The molecule has 1 amide bonds. The molecule has 0 unspecified atom stereocenters. The van der Waals surface area contributed by atoms with Crippen LogP contribution in [0.2, 0.25) is 0 Å². The zero-order valence-corrected chi connectivity index (χ0v) is 10.3. The molecule has 0 bridgehead atoms. The average Bonchev–Trinajstić information content (AvgIpc) is 2.89. The normalized spacial score (nSPS) is 19.0. The number of carbonyl (C=O) groups excluding carboxylic acids is 1. The minimum absolute atomic E-state index is 0.0925. The highest BCUT2D eigenvalue weighted by molar-refractivity contribution is 5.95. The van der Waals surface area contributed by atoms with Crippen LogP contribution in [-0.4, -0.2) is 19.1 Å². The molecule has 1 aromatic carbocycles. The maximum atomic E-state index is 11.2. The lowest BCUT2D eigenvalue weighted by Crippen LogP contribution is -2.25. The van der Waals surface area contributed by atoms with Crippen molar-refractivity contribution in [2.24, 2.45) is 5.92 Å². The Morgan fingerprint density at radius 1 is 1.33 bits per heavy atom. The third-order valence-electron chi connectivity index (χ3n) is 3.54. The molecule has 4 nitrogen and oxygen atoms in total. The number of fused-ring (bicyclic) bond motifs is 1. The van der Waals surface area contributed by atoms with Crippen LogP contribution < -0.4 is 14.8 Å². The molecule has 1 aliphatic heterocycles. The molecule has 96 valence electrons. The van der Waals surface area contributed by atoms with Gasteiger partial charge in [-0.3, -0.25) is 4.79 Å². The minimum atomic E-state index is -0.115. The van der Waals surface area contributed by atoms with Crippen LogP contribution in [0.5, 0.6) is 11.5 Å². The maximum absolute atomic E-state index is 11.2. The predicted octanol–water partition coefficient (Wildman–Crippen LogP) is 2.59. The molecule has 3 rings (SSSR count). The fourth-order valence-electron chi connectivity index (χ4n) is 2.54. The van der Waals surface area contributed by atoms with Crippen LogP contribution in [0.1, 0.15) is 25.7 Å². The first-order valence-electron chi connectivity index (χ1n) is 6.51. The van der Waals surface area contributed by atoms with E-state index in [0.717, 1.165) is 12.4 Å². The number of benzene rings is 1. The lowest BCUT2D eigenvalue weighted by atomic mass is 10.1. The second-order valence-electron chi connectivity index (χ2n) is 4.96. The number of hydrogen-bond acceptors (Lipinski definition) is 3. The van der Waals surface area contributed by atoms with Gasteiger partial charge < -0.3 is 14.8 Å². The summed E-state index contributed by atoms with van der Waals surface area (Å²) in [6, 6.07) is 5.57. The third kappa shape index (κ3) is 2.42. The Hall–Kier alpha value is -1.71. The van der Waals surface area contributed by atoms with Crippen molar-refractivity contribution >= 4 is 11.6 Å². The van der Waals surface area contributed by atoms with Crippen LogP contribution in [0.15, 0.2) is 18.2 Å². The number of rotatable bonds is 3. The number of nitrogens with one attached hydrogen (secondary N) is 1. The van der Waals surface area contributed by atoms with Crippen LogP contribution in [0.25, 0.3) is 0 Å². The van der Waals surface area contributed by atoms with Crippen LogP contribution in [0.3, 0.4) is 0 Å². The van der Waals surface area contributed by atoms with Crippen molar-refractivity contribution in [3.8, 4) is 11.5 Å². The smallest absolute Gasteiger partial charge is 0.262 e. The zero-order valence-electron chi connectivity index (χ0n) is 10.3. The molecule has 0 spiro atoms. The van der Waals surface area contributed by atoms with E-state index in [-0.39, 0.29) is 12.5 Å². The summed E-state index contributed by atoms with van der Waals surface area (Å²) < 4.78 is 11.1. The third-order valence-corrected chi connectivity index (χ3v) is 3.54. The van der Waals surface area contributed by atoms with Gasteiger partial charge in [0.2, 0.25) is 0 Å². The molecule has 0 radical (unpaired) electrons. The fourth-order valence-corrected chi connectivity index (χ4v) is 2.54. The summed E-state index contributed by atoms with van der Waals surface area (Å²) in [5.74, 6) is 2.08. The van der Waals surface area contributed by atoms with Gasteiger partial charge in [-0.2, -0.15) is 0 Å². The van der Waals surface area contributed by atoms with Crippen molar-refractivity contribution in [2.75, 3.05) is 18.5 Å². The Labute approximate surface area is 106 Å². The highest BCUT2D eigenvalue weighted by atomic mass is 16.5. The Balaban J connectivity index is 1.65. The van der Waals surface area contributed by atoms with E-state index in [2.05, 4.69) is 5.32 Å². The fraction of sp³-hybridized carbons (Fsp3) is 0.500. The molecule has 0 atom stereocenters. The Morgan fingerprint density at radius 2 is 2.17 bits per heavy atom. The van der Waals surface area contributed by atoms with E-state index in [1.807, 2.05) is 18.2 Å². The molecule has 2 aliphatic rings. The van der Waals surface area contributed by atoms with Crippen molar-refractivity contribution in [3.05, 3.63) is 18.2 Å². The number of hydrogen-bond donors (Lipinski definition) is 1. The minimum Gasteiger partial charge on any atom is -0.493 e. The quantitative estimate of drug-likeness (QED) is 0.893. The van der Waals surface area contributed by atoms with Gasteiger partial charge in [-0.1, -0.05) is 12.8 Å². The van der Waals surface area contributed by atoms with Gasteiger partial charge in [0.05, 0.1) is 12.3 Å². The van der Waals surface area contributed by atoms with E-state index in [4.69, 9.17) is 9.47 Å². The van der Waals surface area contributed by atoms with E-state index < -0.39 is 0 Å². The topological polar surface area (TPSA) is 47.6 Å². The van der Waals surface area contributed by atoms with Gasteiger partial charge in [-0.15, -0.1) is 0 Å². The Kier molecular flexibility index (Phi) is 3.09. The Bertz CT molecular complexity index is 452. The van der Waals surface area contributed by atoms with E-state index in [1.165, 1.54) is 25.7 Å². The highest BCUT2D eigenvalue weighted by Crippen LogP contribution is 2.32. The molecule has 1 N–H and O–H groups in total. The first kappa shape index (κ1) is 11.4. The lowest BCUT2D eigenvalue weighted by molar-refractivity contribution is -0.118. The number of anilines is 1. The molecule has 0 aromatic heterocycles. The van der Waals surface area contributed by atoms with Crippen LogP contribution in [-0.2, 0) is 4.79 Å². The monoisotopic (exact) mass is 247 g/mol. The predicted molar refractivity (Wildman–Crippen MR) is 68.0 cm³/mol. The van der Waals surface area contributed by atoms with E-state index in [0.29, 0.717) is 17.4 Å². The average molecular weight is 247 g/mol. The molecule has 0 saturated heterocycles. The second kappa shape index (κ2) is 4.88. The van der Waals surface area contributed by atoms with Crippen molar-refractivity contribution in [2.45, 2.75) is 25.7 Å². The SMILES string of the molecule is O=C1COc2ccc(OCC3CCCC3)cc2N1. The first-order chi connectivity index (χ1) is 8.81. The van der Waals surface area contributed by atoms with Gasteiger partial charge in [0.1, 0.15) is 11.5 Å². The van der Waals surface area contributed by atoms with E-state index in [1.54, 1.807) is 0 Å². The van der Waals surface area contributed by atoms with Gasteiger partial charge in [0.25, 0.3) is 5.91 Å². The first-order valence-corrected chi connectivity index (χ1v) is 6.51. The number of carbonyl (C=O) groups is 1. The highest BCUT2D eigenvalue weighted by Gasteiger charge is 2.18. The summed E-state index contributed by atoms with van der Waals surface area (Å²) in [5, 5.41) is 2.78. The largest absolute Gasteiger partial charge is 0.493 e. The number of ether oxygens (including phenoxy) is 2. The van der Waals surface area contributed by atoms with Crippen molar-refractivity contribution in [1.29, 1.82) is 0 Å². The maximum Gasteiger partial charge on any atom is 0.262 e. The second-order valence-corrected chi connectivity index (χ2v) is 4.96. The molecule has 4 heteroatoms. The molecule has 1 saturated carbocycles.